The van der Waals surface area contributed by atoms with Gasteiger partial charge in [0.1, 0.15) is 11.6 Å². The summed E-state index contributed by atoms with van der Waals surface area (Å²) in [6.45, 7) is 11.2. The minimum absolute atomic E-state index is 0.159. The molecule has 0 aromatic rings. The van der Waals surface area contributed by atoms with Crippen LogP contribution in [0.1, 0.15) is 86.5 Å². The van der Waals surface area contributed by atoms with Gasteiger partial charge in [0.2, 0.25) is 17.7 Å². The Kier molecular flexibility index (Phi) is 16.1. The van der Waals surface area contributed by atoms with Crippen LogP contribution in [0.3, 0.4) is 0 Å². The van der Waals surface area contributed by atoms with E-state index in [0.717, 1.165) is 19.3 Å². The molecule has 0 aliphatic rings. The summed E-state index contributed by atoms with van der Waals surface area (Å²) in [6, 6.07) is -0.736. The molecule has 4 amide bonds. The Morgan fingerprint density at radius 2 is 1.34 bits per heavy atom. The SMILES string of the molecule is CC(C)OC(=O)CCCCC(=O)NCC(=O)NC(C)C(=O)NCCCCCNC(=O)OC(C)(C)C. The van der Waals surface area contributed by atoms with Crippen LogP contribution in [0.25, 0.3) is 0 Å². The van der Waals surface area contributed by atoms with Gasteiger partial charge in [-0.3, -0.25) is 19.2 Å². The lowest BCUT2D eigenvalue weighted by atomic mass is 10.2. The van der Waals surface area contributed by atoms with Crippen molar-refractivity contribution in [2.75, 3.05) is 19.6 Å². The number of carbonyl (C=O) groups is 5. The molecule has 1 unspecified atom stereocenters. The monoisotopic (exact) mass is 500 g/mol. The first-order chi connectivity index (χ1) is 16.3. The molecule has 0 aliphatic carbocycles. The number of unbranched alkanes of at least 4 members (excludes halogenated alkanes) is 3. The van der Waals surface area contributed by atoms with Crippen LogP contribution in [-0.2, 0) is 28.7 Å². The van der Waals surface area contributed by atoms with Gasteiger partial charge in [-0.05, 0) is 73.6 Å². The largest absolute Gasteiger partial charge is 0.463 e. The second-order valence-electron chi connectivity index (χ2n) is 9.59. The van der Waals surface area contributed by atoms with E-state index in [2.05, 4.69) is 21.3 Å². The Balaban J connectivity index is 3.82. The fraction of sp³-hybridized carbons (Fsp3) is 0.792. The zero-order valence-electron chi connectivity index (χ0n) is 22.1. The molecular formula is C24H44N4O7. The van der Waals surface area contributed by atoms with Crippen LogP contribution in [0.5, 0.6) is 0 Å². The Labute approximate surface area is 208 Å². The topological polar surface area (TPSA) is 152 Å². The molecule has 0 spiro atoms. The molecule has 0 heterocycles. The average Bonchev–Trinajstić information content (AvgIpc) is 2.72. The highest BCUT2D eigenvalue weighted by molar-refractivity contribution is 5.89. The maximum absolute atomic E-state index is 12.1. The summed E-state index contributed by atoms with van der Waals surface area (Å²) in [6.07, 6.45) is 3.17. The van der Waals surface area contributed by atoms with Gasteiger partial charge in [-0.25, -0.2) is 4.79 Å². The lowest BCUT2D eigenvalue weighted by Crippen LogP contribution is -2.48. The molecular weight excluding hydrogens is 456 g/mol. The Morgan fingerprint density at radius 3 is 1.94 bits per heavy atom. The predicted octanol–water partition coefficient (Wildman–Crippen LogP) is 1.93. The highest BCUT2D eigenvalue weighted by Gasteiger charge is 2.16. The van der Waals surface area contributed by atoms with Crippen molar-refractivity contribution in [1.82, 2.24) is 21.3 Å². The Hall–Kier alpha value is -2.85. The van der Waals surface area contributed by atoms with Crippen molar-refractivity contribution in [3.05, 3.63) is 0 Å². The van der Waals surface area contributed by atoms with Gasteiger partial charge in [0, 0.05) is 25.9 Å². The fourth-order valence-corrected chi connectivity index (χ4v) is 2.80. The Morgan fingerprint density at radius 1 is 0.743 bits per heavy atom. The highest BCUT2D eigenvalue weighted by atomic mass is 16.6. The summed E-state index contributed by atoms with van der Waals surface area (Å²) in [5, 5.41) is 10.5. The number of hydrogen-bond donors (Lipinski definition) is 4. The molecule has 1 atom stereocenters. The molecule has 202 valence electrons. The number of rotatable bonds is 16. The van der Waals surface area contributed by atoms with Crippen molar-refractivity contribution < 1.29 is 33.4 Å². The van der Waals surface area contributed by atoms with E-state index in [-0.39, 0.29) is 43.3 Å². The zero-order chi connectivity index (χ0) is 26.9. The quantitative estimate of drug-likeness (QED) is 0.187. The van der Waals surface area contributed by atoms with Gasteiger partial charge in [-0.15, -0.1) is 0 Å². The molecule has 35 heavy (non-hydrogen) atoms. The van der Waals surface area contributed by atoms with E-state index in [1.807, 2.05) is 0 Å². The molecule has 0 saturated heterocycles. The van der Waals surface area contributed by atoms with E-state index in [1.54, 1.807) is 41.5 Å². The smallest absolute Gasteiger partial charge is 0.407 e. The first kappa shape index (κ1) is 32.1. The van der Waals surface area contributed by atoms with Crippen LogP contribution in [0.4, 0.5) is 4.79 Å². The summed E-state index contributed by atoms with van der Waals surface area (Å²) >= 11 is 0. The molecule has 11 nitrogen and oxygen atoms in total. The van der Waals surface area contributed by atoms with Crippen molar-refractivity contribution in [2.24, 2.45) is 0 Å². The summed E-state index contributed by atoms with van der Waals surface area (Å²) in [5.41, 5.74) is -0.530. The van der Waals surface area contributed by atoms with Crippen LogP contribution >= 0.6 is 0 Å². The van der Waals surface area contributed by atoms with E-state index < -0.39 is 23.6 Å². The van der Waals surface area contributed by atoms with Crippen molar-refractivity contribution in [1.29, 1.82) is 0 Å². The first-order valence-electron chi connectivity index (χ1n) is 12.3. The second-order valence-corrected chi connectivity index (χ2v) is 9.59. The van der Waals surface area contributed by atoms with Gasteiger partial charge in [0.15, 0.2) is 0 Å². The lowest BCUT2D eigenvalue weighted by molar-refractivity contribution is -0.147. The van der Waals surface area contributed by atoms with Crippen LogP contribution in [0.2, 0.25) is 0 Å². The van der Waals surface area contributed by atoms with Gasteiger partial charge in [0.25, 0.3) is 0 Å². The number of ether oxygens (including phenoxy) is 2. The third-order valence-corrected chi connectivity index (χ3v) is 4.44. The molecule has 0 aromatic carbocycles. The minimum Gasteiger partial charge on any atom is -0.463 e. The average molecular weight is 501 g/mol. The van der Waals surface area contributed by atoms with Crippen molar-refractivity contribution >= 4 is 29.8 Å². The van der Waals surface area contributed by atoms with Crippen molar-refractivity contribution in [3.63, 3.8) is 0 Å². The van der Waals surface area contributed by atoms with Crippen LogP contribution in [-0.4, -0.2) is 67.2 Å². The summed E-state index contributed by atoms with van der Waals surface area (Å²) in [7, 11) is 0. The predicted molar refractivity (Wildman–Crippen MR) is 131 cm³/mol. The fourth-order valence-electron chi connectivity index (χ4n) is 2.80. The van der Waals surface area contributed by atoms with Crippen LogP contribution < -0.4 is 21.3 Å². The number of amides is 4. The maximum atomic E-state index is 12.1. The number of hydrogen-bond acceptors (Lipinski definition) is 7. The molecule has 0 aromatic heterocycles. The highest BCUT2D eigenvalue weighted by Crippen LogP contribution is 2.06. The molecule has 0 fully saturated rings. The van der Waals surface area contributed by atoms with E-state index in [1.165, 1.54) is 0 Å². The summed E-state index contributed by atoms with van der Waals surface area (Å²) in [5.74, 6) is -1.36. The van der Waals surface area contributed by atoms with E-state index in [0.29, 0.717) is 25.9 Å². The van der Waals surface area contributed by atoms with Gasteiger partial charge in [-0.2, -0.15) is 0 Å². The van der Waals surface area contributed by atoms with E-state index in [4.69, 9.17) is 9.47 Å². The summed E-state index contributed by atoms with van der Waals surface area (Å²) < 4.78 is 10.2. The molecule has 0 aliphatic heterocycles. The van der Waals surface area contributed by atoms with Crippen LogP contribution in [0, 0.1) is 0 Å². The molecule has 4 N–H and O–H groups in total. The normalized spacial score (nSPS) is 11.9. The first-order valence-corrected chi connectivity index (χ1v) is 12.3. The lowest BCUT2D eigenvalue weighted by Gasteiger charge is -2.19. The van der Waals surface area contributed by atoms with Gasteiger partial charge in [0.05, 0.1) is 12.6 Å². The molecule has 0 saturated carbocycles. The number of nitrogens with one attached hydrogen (secondary N) is 4. The Bertz CT molecular complexity index is 690. The number of alkyl carbamates (subject to hydrolysis) is 1. The van der Waals surface area contributed by atoms with E-state index in [9.17, 15) is 24.0 Å². The summed E-state index contributed by atoms with van der Waals surface area (Å²) in [4.78, 5) is 58.8. The molecule has 11 heteroatoms. The third-order valence-electron chi connectivity index (χ3n) is 4.44. The number of carbonyl (C=O) groups excluding carboxylic acids is 5. The maximum Gasteiger partial charge on any atom is 0.407 e. The standard InChI is InChI=1S/C24H44N4O7/c1-17(2)34-21(31)13-9-8-12-19(29)27-16-20(30)28-18(3)22(32)25-14-10-7-11-15-26-23(33)35-24(4,5)6/h17-18H,7-16H2,1-6H3,(H,25,32)(H,26,33)(H,27,29)(H,28,30). The third kappa shape index (κ3) is 20.3. The van der Waals surface area contributed by atoms with Gasteiger partial charge in [-0.1, -0.05) is 0 Å². The van der Waals surface area contributed by atoms with Crippen molar-refractivity contribution in [3.8, 4) is 0 Å². The molecule has 0 rings (SSSR count). The minimum atomic E-state index is -0.736. The van der Waals surface area contributed by atoms with Crippen LogP contribution in [0.15, 0.2) is 0 Å². The zero-order valence-corrected chi connectivity index (χ0v) is 22.1. The van der Waals surface area contributed by atoms with Crippen molar-refractivity contribution in [2.45, 2.75) is 104 Å². The second kappa shape index (κ2) is 17.6. The molecule has 0 radical (unpaired) electrons. The number of esters is 1. The van der Waals surface area contributed by atoms with Gasteiger partial charge >= 0.3 is 12.1 Å². The van der Waals surface area contributed by atoms with Gasteiger partial charge < -0.3 is 30.7 Å². The van der Waals surface area contributed by atoms with E-state index >= 15 is 0 Å². The molecule has 0 bridgehead atoms.